The lowest BCUT2D eigenvalue weighted by Gasteiger charge is -2.48. The van der Waals surface area contributed by atoms with E-state index in [2.05, 4.69) is 22.9 Å². The first kappa shape index (κ1) is 44.3. The SMILES string of the molecule is CCCCOC1C(NC(=O)OCc2ccccc2)[C@@H]2OC3(CCCCC3)OC2C(O[C@H]2OC(CNC(=O)OCc3ccccc3)CCC2N)[C@H]1NC(=O)OCc1ccccc1. The highest BCUT2D eigenvalue weighted by Gasteiger charge is 2.63. The predicted molar refractivity (Wildman–Crippen MR) is 223 cm³/mol. The fourth-order valence-corrected chi connectivity index (χ4v) is 8.46. The average molecular weight is 845 g/mol. The number of carbonyl (C=O) groups is 3. The minimum Gasteiger partial charge on any atom is -0.445 e. The largest absolute Gasteiger partial charge is 0.445 e. The van der Waals surface area contributed by atoms with Crippen molar-refractivity contribution in [3.63, 3.8) is 0 Å². The zero-order valence-electron chi connectivity index (χ0n) is 34.8. The van der Waals surface area contributed by atoms with Crippen molar-refractivity contribution in [1.82, 2.24) is 16.0 Å². The van der Waals surface area contributed by atoms with E-state index in [1.807, 2.05) is 91.0 Å². The summed E-state index contributed by atoms with van der Waals surface area (Å²) in [5.74, 6) is -0.943. The Bertz CT molecular complexity index is 1820. The van der Waals surface area contributed by atoms with Crippen LogP contribution >= 0.6 is 0 Å². The predicted octanol–water partition coefficient (Wildman–Crippen LogP) is 6.36. The number of benzene rings is 3. The molecule has 2 saturated carbocycles. The smallest absolute Gasteiger partial charge is 0.407 e. The minimum atomic E-state index is -0.973. The molecule has 6 unspecified atom stereocenters. The van der Waals surface area contributed by atoms with Gasteiger partial charge in [0.1, 0.15) is 44.2 Å². The van der Waals surface area contributed by atoms with Gasteiger partial charge in [-0.2, -0.15) is 0 Å². The molecule has 330 valence electrons. The van der Waals surface area contributed by atoms with Gasteiger partial charge in [-0.3, -0.25) is 0 Å². The summed E-state index contributed by atoms with van der Waals surface area (Å²) < 4.78 is 50.8. The molecular formula is C46H60N4O11. The van der Waals surface area contributed by atoms with Crippen LogP contribution in [-0.4, -0.2) is 92.2 Å². The van der Waals surface area contributed by atoms with Crippen molar-refractivity contribution in [3.05, 3.63) is 108 Å². The first-order valence-corrected chi connectivity index (χ1v) is 21.7. The minimum absolute atomic E-state index is 0.0214. The van der Waals surface area contributed by atoms with Crippen molar-refractivity contribution in [2.45, 2.75) is 145 Å². The molecule has 2 aliphatic heterocycles. The Morgan fingerprint density at radius 1 is 0.689 bits per heavy atom. The number of nitrogens with two attached hydrogens (primary N) is 1. The molecule has 4 aliphatic rings. The molecule has 0 aromatic heterocycles. The van der Waals surface area contributed by atoms with Gasteiger partial charge in [-0.05, 0) is 48.8 Å². The summed E-state index contributed by atoms with van der Waals surface area (Å²) in [5, 5.41) is 8.93. The van der Waals surface area contributed by atoms with E-state index in [4.69, 9.17) is 43.6 Å². The van der Waals surface area contributed by atoms with E-state index < -0.39 is 79.0 Å². The van der Waals surface area contributed by atoms with Gasteiger partial charge < -0.3 is 59.6 Å². The van der Waals surface area contributed by atoms with Crippen LogP contribution in [0.3, 0.4) is 0 Å². The second kappa shape index (κ2) is 21.8. The summed E-state index contributed by atoms with van der Waals surface area (Å²) in [7, 11) is 0. The first-order valence-electron chi connectivity index (χ1n) is 21.7. The Labute approximate surface area is 357 Å². The van der Waals surface area contributed by atoms with Gasteiger partial charge in [-0.1, -0.05) is 111 Å². The van der Waals surface area contributed by atoms with Crippen LogP contribution in [0.5, 0.6) is 0 Å². The number of fused-ring (bicyclic) bond motifs is 1. The molecule has 1 spiro atoms. The highest BCUT2D eigenvalue weighted by Crippen LogP contribution is 2.46. The van der Waals surface area contributed by atoms with Crippen LogP contribution in [0.15, 0.2) is 91.0 Å². The molecule has 2 aliphatic carbocycles. The van der Waals surface area contributed by atoms with Crippen LogP contribution in [-0.2, 0) is 57.7 Å². The summed E-state index contributed by atoms with van der Waals surface area (Å²) in [6.07, 6.45) is -0.0535. The fraction of sp³-hybridized carbons (Fsp3) is 0.543. The molecule has 3 aromatic rings. The number of ether oxygens (including phenoxy) is 8. The van der Waals surface area contributed by atoms with Gasteiger partial charge in [0, 0.05) is 26.0 Å². The van der Waals surface area contributed by atoms with Crippen LogP contribution in [0, 0.1) is 0 Å². The van der Waals surface area contributed by atoms with Crippen molar-refractivity contribution in [3.8, 4) is 0 Å². The number of hydrogen-bond acceptors (Lipinski definition) is 12. The van der Waals surface area contributed by atoms with Gasteiger partial charge in [0.15, 0.2) is 12.1 Å². The summed E-state index contributed by atoms with van der Waals surface area (Å²) in [6, 6.07) is 25.8. The lowest BCUT2D eigenvalue weighted by atomic mass is 9.81. The third-order valence-electron chi connectivity index (χ3n) is 11.7. The van der Waals surface area contributed by atoms with Gasteiger partial charge >= 0.3 is 18.3 Å². The number of carbonyl (C=O) groups excluding carboxylic acids is 3. The second-order valence-corrected chi connectivity index (χ2v) is 16.2. The molecule has 4 fully saturated rings. The van der Waals surface area contributed by atoms with Crippen molar-refractivity contribution in [2.75, 3.05) is 13.2 Å². The van der Waals surface area contributed by atoms with Gasteiger partial charge in [0.25, 0.3) is 0 Å². The maximum atomic E-state index is 13.8. The van der Waals surface area contributed by atoms with Crippen molar-refractivity contribution >= 4 is 18.3 Å². The molecule has 15 heteroatoms. The second-order valence-electron chi connectivity index (χ2n) is 16.2. The van der Waals surface area contributed by atoms with Crippen LogP contribution in [0.4, 0.5) is 14.4 Å². The normalized spacial score (nSPS) is 27.9. The molecule has 7 rings (SSSR count). The van der Waals surface area contributed by atoms with E-state index in [1.165, 1.54) is 0 Å². The van der Waals surface area contributed by atoms with E-state index in [9.17, 15) is 14.4 Å². The maximum absolute atomic E-state index is 13.8. The Morgan fingerprint density at radius 3 is 1.80 bits per heavy atom. The topological polar surface area (TPSA) is 187 Å². The lowest BCUT2D eigenvalue weighted by Crippen LogP contribution is -2.73. The Balaban J connectivity index is 1.14. The van der Waals surface area contributed by atoms with Crippen molar-refractivity contribution in [1.29, 1.82) is 0 Å². The highest BCUT2D eigenvalue weighted by molar-refractivity contribution is 5.69. The number of nitrogens with one attached hydrogen (secondary N) is 3. The molecule has 9 atom stereocenters. The molecule has 61 heavy (non-hydrogen) atoms. The lowest BCUT2D eigenvalue weighted by molar-refractivity contribution is -0.261. The van der Waals surface area contributed by atoms with Gasteiger partial charge in [0.2, 0.25) is 0 Å². The number of rotatable bonds is 16. The van der Waals surface area contributed by atoms with Gasteiger partial charge in [0.05, 0.1) is 24.2 Å². The number of amides is 3. The molecule has 3 aromatic carbocycles. The van der Waals surface area contributed by atoms with Crippen LogP contribution in [0.2, 0.25) is 0 Å². The summed E-state index contributed by atoms with van der Waals surface area (Å²) in [4.78, 5) is 40.2. The third-order valence-corrected chi connectivity index (χ3v) is 11.7. The molecule has 0 radical (unpaired) electrons. The van der Waals surface area contributed by atoms with Crippen molar-refractivity contribution in [2.24, 2.45) is 5.73 Å². The number of alkyl carbamates (subject to hydrolysis) is 3. The summed E-state index contributed by atoms with van der Waals surface area (Å²) >= 11 is 0. The summed E-state index contributed by atoms with van der Waals surface area (Å²) in [5.41, 5.74) is 9.22. The van der Waals surface area contributed by atoms with E-state index in [-0.39, 0.29) is 26.4 Å². The Morgan fingerprint density at radius 2 is 1.23 bits per heavy atom. The molecule has 2 saturated heterocycles. The molecular weight excluding hydrogens is 785 g/mol. The molecule has 3 amide bonds. The maximum Gasteiger partial charge on any atom is 0.407 e. The molecule has 15 nitrogen and oxygen atoms in total. The average Bonchev–Trinajstić information content (AvgIpc) is 3.65. The third kappa shape index (κ3) is 12.2. The van der Waals surface area contributed by atoms with Gasteiger partial charge in [-0.15, -0.1) is 0 Å². The Hall–Kier alpha value is -4.77. The zero-order valence-corrected chi connectivity index (χ0v) is 34.8. The highest BCUT2D eigenvalue weighted by atomic mass is 16.8. The van der Waals surface area contributed by atoms with Gasteiger partial charge in [-0.25, -0.2) is 14.4 Å². The van der Waals surface area contributed by atoms with Crippen molar-refractivity contribution < 1.29 is 52.3 Å². The fourth-order valence-electron chi connectivity index (χ4n) is 8.46. The molecule has 0 bridgehead atoms. The van der Waals surface area contributed by atoms with Crippen LogP contribution < -0.4 is 21.7 Å². The molecule has 5 N–H and O–H groups in total. The Kier molecular flexibility index (Phi) is 15.9. The number of hydrogen-bond donors (Lipinski definition) is 4. The quantitative estimate of drug-likeness (QED) is 0.0925. The standard InChI is InChI=1S/C46H60N4O11/c1-2-3-26-54-38-36(49-44(52)56-29-32-18-10-5-11-19-32)39(59-42-35(47)23-22-34(58-42)27-48-43(51)55-28-31-16-8-4-9-17-31)41-40(60-46(61-41)24-14-7-15-25-46)37(38)50-45(53)57-30-33-20-12-6-13-21-33/h4-6,8-13,16-21,34-42H,2-3,7,14-15,22-30,47H2,1H3,(H,48,51)(H,49,52)(H,50,53)/t34?,35?,36-,37?,38?,39?,40-,41?,42+/m0/s1. The van der Waals surface area contributed by atoms with E-state index >= 15 is 0 Å². The first-order chi connectivity index (χ1) is 29.8. The molecule has 2 heterocycles. The van der Waals surface area contributed by atoms with Crippen LogP contribution in [0.25, 0.3) is 0 Å². The van der Waals surface area contributed by atoms with E-state index in [0.717, 1.165) is 42.4 Å². The monoisotopic (exact) mass is 844 g/mol. The zero-order chi connectivity index (χ0) is 42.4. The van der Waals surface area contributed by atoms with E-state index in [1.54, 1.807) is 0 Å². The number of unbranched alkanes of at least 4 members (excludes halogenated alkanes) is 1. The summed E-state index contributed by atoms with van der Waals surface area (Å²) in [6.45, 7) is 2.73. The van der Waals surface area contributed by atoms with E-state index in [0.29, 0.717) is 38.7 Å². The van der Waals surface area contributed by atoms with Crippen LogP contribution in [0.1, 0.15) is 81.4 Å².